The van der Waals surface area contributed by atoms with Crippen molar-refractivity contribution in [1.82, 2.24) is 19.7 Å². The molecule has 4 rings (SSSR count). The first kappa shape index (κ1) is 28.5. The minimum Gasteiger partial charge on any atom is -0.493 e. The molecule has 12 nitrogen and oxygen atoms in total. The Kier molecular flexibility index (Phi) is 8.87. The summed E-state index contributed by atoms with van der Waals surface area (Å²) in [5.41, 5.74) is 0.803. The molecule has 3 aromatic rings. The van der Waals surface area contributed by atoms with Gasteiger partial charge in [-0.15, -0.1) is 0 Å². The van der Waals surface area contributed by atoms with E-state index in [2.05, 4.69) is 24.4 Å². The number of aryl methyl sites for hydroxylation is 1. The lowest BCUT2D eigenvalue weighted by atomic mass is 10.3. The molecule has 1 aromatic carbocycles. The van der Waals surface area contributed by atoms with Crippen molar-refractivity contribution in [1.29, 1.82) is 0 Å². The normalized spacial score (nSPS) is 13.6. The van der Waals surface area contributed by atoms with Gasteiger partial charge < -0.3 is 14.2 Å². The molecule has 0 atom stereocenters. The SMILES string of the molecule is CCCS(=O)(=O)NCCOc1nc(C2CC2)nc(NS(=O)(=O)c2ccc(C)cn2)c1Oc1ccccc1OC. The monoisotopic (exact) mass is 577 g/mol. The van der Waals surface area contributed by atoms with Gasteiger partial charge in [0, 0.05) is 18.7 Å². The van der Waals surface area contributed by atoms with E-state index in [4.69, 9.17) is 14.2 Å². The molecule has 0 bridgehead atoms. The van der Waals surface area contributed by atoms with Crippen LogP contribution in [0.5, 0.6) is 23.1 Å². The molecule has 1 saturated carbocycles. The minimum atomic E-state index is -4.16. The second-order valence-electron chi connectivity index (χ2n) is 8.93. The van der Waals surface area contributed by atoms with Crippen molar-refractivity contribution in [3.05, 3.63) is 54.0 Å². The average molecular weight is 578 g/mol. The highest BCUT2D eigenvalue weighted by atomic mass is 32.2. The molecule has 0 amide bonds. The standard InChI is InChI=1S/C25H31N5O7S2/c1-4-15-38(31,32)27-13-14-36-25-22(37-20-8-6-5-7-19(20)35-3)24(28-23(29-25)18-10-11-18)30-39(33,34)21-12-9-17(2)16-26-21/h5-9,12,16,18,27H,4,10-11,13-15H2,1-3H3,(H,28,29,30). The third-order valence-corrected chi connectivity index (χ3v) is 8.45. The molecule has 14 heteroatoms. The first-order chi connectivity index (χ1) is 18.6. The zero-order chi connectivity index (χ0) is 28.0. The highest BCUT2D eigenvalue weighted by Crippen LogP contribution is 2.44. The molecular weight excluding hydrogens is 546 g/mol. The van der Waals surface area contributed by atoms with Crippen molar-refractivity contribution >= 4 is 25.9 Å². The highest BCUT2D eigenvalue weighted by molar-refractivity contribution is 7.92. The van der Waals surface area contributed by atoms with Crippen molar-refractivity contribution in [2.24, 2.45) is 0 Å². The van der Waals surface area contributed by atoms with Crippen LogP contribution in [0.3, 0.4) is 0 Å². The number of hydrogen-bond acceptors (Lipinski definition) is 10. The molecule has 0 saturated heterocycles. The topological polar surface area (TPSA) is 159 Å². The van der Waals surface area contributed by atoms with Crippen LogP contribution >= 0.6 is 0 Å². The Morgan fingerprint density at radius 1 is 1.03 bits per heavy atom. The molecule has 210 valence electrons. The van der Waals surface area contributed by atoms with Gasteiger partial charge in [0.15, 0.2) is 22.3 Å². The lowest BCUT2D eigenvalue weighted by Gasteiger charge is -2.18. The van der Waals surface area contributed by atoms with Crippen LogP contribution < -0.4 is 23.7 Å². The van der Waals surface area contributed by atoms with E-state index in [0.717, 1.165) is 18.4 Å². The minimum absolute atomic E-state index is 0.00648. The summed E-state index contributed by atoms with van der Waals surface area (Å²) in [6.45, 7) is 3.46. The molecule has 0 radical (unpaired) electrons. The van der Waals surface area contributed by atoms with Gasteiger partial charge in [0.2, 0.25) is 15.8 Å². The Balaban J connectivity index is 1.72. The Morgan fingerprint density at radius 2 is 1.77 bits per heavy atom. The molecule has 2 N–H and O–H groups in total. The van der Waals surface area contributed by atoms with E-state index in [9.17, 15) is 16.8 Å². The first-order valence-corrected chi connectivity index (χ1v) is 15.5. The zero-order valence-corrected chi connectivity index (χ0v) is 23.5. The maximum absolute atomic E-state index is 13.2. The molecular formula is C25H31N5O7S2. The van der Waals surface area contributed by atoms with Crippen LogP contribution in [0.4, 0.5) is 5.82 Å². The number of sulfonamides is 2. The quantitative estimate of drug-likeness (QED) is 0.272. The molecule has 1 fully saturated rings. The van der Waals surface area contributed by atoms with Gasteiger partial charge in [0.1, 0.15) is 12.4 Å². The largest absolute Gasteiger partial charge is 0.493 e. The average Bonchev–Trinajstić information content (AvgIpc) is 3.74. The van der Waals surface area contributed by atoms with Gasteiger partial charge >= 0.3 is 0 Å². The van der Waals surface area contributed by atoms with E-state index >= 15 is 0 Å². The second kappa shape index (κ2) is 12.1. The first-order valence-electron chi connectivity index (χ1n) is 12.4. The summed E-state index contributed by atoms with van der Waals surface area (Å²) in [4.78, 5) is 13.0. The molecule has 1 aliphatic carbocycles. The molecule has 39 heavy (non-hydrogen) atoms. The number of nitrogens with zero attached hydrogens (tertiary/aromatic N) is 3. The number of benzene rings is 1. The molecule has 0 aliphatic heterocycles. The number of ether oxygens (including phenoxy) is 3. The van der Waals surface area contributed by atoms with E-state index in [0.29, 0.717) is 18.0 Å². The molecule has 1 aliphatic rings. The summed E-state index contributed by atoms with van der Waals surface area (Å²) in [6.07, 6.45) is 3.61. The molecule has 2 aromatic heterocycles. The van der Waals surface area contributed by atoms with Crippen LogP contribution in [0.15, 0.2) is 47.6 Å². The Labute approximate surface area is 228 Å². The van der Waals surface area contributed by atoms with Gasteiger partial charge in [0.05, 0.1) is 12.9 Å². The van der Waals surface area contributed by atoms with Crippen molar-refractivity contribution in [2.45, 2.75) is 44.1 Å². The van der Waals surface area contributed by atoms with Crippen LogP contribution in [0.1, 0.15) is 43.5 Å². The maximum Gasteiger partial charge on any atom is 0.280 e. The van der Waals surface area contributed by atoms with Crippen LogP contribution in [0.2, 0.25) is 0 Å². The van der Waals surface area contributed by atoms with E-state index in [1.807, 2.05) is 0 Å². The smallest absolute Gasteiger partial charge is 0.280 e. The van der Waals surface area contributed by atoms with E-state index in [1.54, 1.807) is 44.2 Å². The molecule has 0 spiro atoms. The van der Waals surface area contributed by atoms with Gasteiger partial charge in [-0.25, -0.2) is 23.1 Å². The van der Waals surface area contributed by atoms with Gasteiger partial charge in [-0.05, 0) is 49.9 Å². The van der Waals surface area contributed by atoms with Crippen LogP contribution in [0.25, 0.3) is 0 Å². The van der Waals surface area contributed by atoms with Crippen molar-refractivity contribution in [2.75, 3.05) is 30.7 Å². The summed E-state index contributed by atoms with van der Waals surface area (Å²) in [5.74, 6) is 0.795. The maximum atomic E-state index is 13.2. The van der Waals surface area contributed by atoms with Crippen molar-refractivity contribution < 1.29 is 31.0 Å². The van der Waals surface area contributed by atoms with E-state index in [-0.39, 0.29) is 53.0 Å². The third kappa shape index (κ3) is 7.55. The summed E-state index contributed by atoms with van der Waals surface area (Å²) in [6, 6.07) is 9.82. The lowest BCUT2D eigenvalue weighted by molar-refractivity contribution is 0.290. The van der Waals surface area contributed by atoms with E-state index in [1.165, 1.54) is 19.4 Å². The second-order valence-corrected chi connectivity index (χ2v) is 12.5. The number of nitrogens with one attached hydrogen (secondary N) is 2. The Hall–Kier alpha value is -3.49. The van der Waals surface area contributed by atoms with Crippen LogP contribution in [-0.4, -0.2) is 57.8 Å². The predicted octanol–water partition coefficient (Wildman–Crippen LogP) is 3.37. The van der Waals surface area contributed by atoms with Gasteiger partial charge in [-0.1, -0.05) is 25.1 Å². The predicted molar refractivity (Wildman–Crippen MR) is 144 cm³/mol. The highest BCUT2D eigenvalue weighted by Gasteiger charge is 2.32. The van der Waals surface area contributed by atoms with Gasteiger partial charge in [-0.3, -0.25) is 4.72 Å². The fraction of sp³-hybridized carbons (Fsp3) is 0.400. The number of aromatic nitrogens is 3. The number of rotatable bonds is 14. The van der Waals surface area contributed by atoms with Gasteiger partial charge in [-0.2, -0.15) is 13.4 Å². The summed E-state index contributed by atoms with van der Waals surface area (Å²) in [7, 11) is -6.13. The van der Waals surface area contributed by atoms with Crippen molar-refractivity contribution in [3.63, 3.8) is 0 Å². The molecule has 2 heterocycles. The number of para-hydroxylation sites is 2. The van der Waals surface area contributed by atoms with Crippen LogP contribution in [0, 0.1) is 6.92 Å². The Bertz CT molecular complexity index is 1510. The number of anilines is 1. The fourth-order valence-electron chi connectivity index (χ4n) is 3.52. The zero-order valence-electron chi connectivity index (χ0n) is 21.9. The number of methoxy groups -OCH3 is 1. The lowest BCUT2D eigenvalue weighted by Crippen LogP contribution is -2.30. The summed E-state index contributed by atoms with van der Waals surface area (Å²) < 4.78 is 72.8. The van der Waals surface area contributed by atoms with Crippen LogP contribution in [-0.2, 0) is 20.0 Å². The fourth-order valence-corrected chi connectivity index (χ4v) is 5.53. The summed E-state index contributed by atoms with van der Waals surface area (Å²) in [5, 5.41) is -0.198. The number of hydrogen-bond donors (Lipinski definition) is 2. The summed E-state index contributed by atoms with van der Waals surface area (Å²) >= 11 is 0. The third-order valence-electron chi connectivity index (χ3n) is 5.60. The van der Waals surface area contributed by atoms with Crippen molar-refractivity contribution in [3.8, 4) is 23.1 Å². The number of pyridine rings is 1. The Morgan fingerprint density at radius 3 is 2.41 bits per heavy atom. The molecule has 0 unspecified atom stereocenters. The van der Waals surface area contributed by atoms with E-state index < -0.39 is 20.0 Å². The van der Waals surface area contributed by atoms with Gasteiger partial charge in [0.25, 0.3) is 15.9 Å².